The smallest absolute Gasteiger partial charge is 0.355 e. The highest BCUT2D eigenvalue weighted by molar-refractivity contribution is 6.05. The molecular weight excluding hydrogens is 359 g/mol. The number of aromatic nitrogens is 1. The fourth-order valence-electron chi connectivity index (χ4n) is 2.89. The van der Waals surface area contributed by atoms with Gasteiger partial charge in [-0.3, -0.25) is 14.6 Å². The summed E-state index contributed by atoms with van der Waals surface area (Å²) in [4.78, 5) is 29.7. The Morgan fingerprint density at radius 2 is 2.04 bits per heavy atom. The van der Waals surface area contributed by atoms with Crippen LogP contribution < -0.4 is 10.2 Å². The molecule has 0 bridgehead atoms. The number of hydrogen-bond acceptors (Lipinski definition) is 3. The Bertz CT molecular complexity index is 881. The van der Waals surface area contributed by atoms with Crippen LogP contribution in [0, 0.1) is 0 Å². The van der Waals surface area contributed by atoms with Crippen molar-refractivity contribution in [2.45, 2.75) is 25.9 Å². The Morgan fingerprint density at radius 1 is 1.26 bits per heavy atom. The van der Waals surface area contributed by atoms with Crippen LogP contribution in [-0.4, -0.2) is 29.9 Å². The highest BCUT2D eigenvalue weighted by Gasteiger charge is 2.32. The zero-order chi connectivity index (χ0) is 19.6. The number of carbonyl (C=O) groups excluding carboxylic acids is 2. The van der Waals surface area contributed by atoms with Crippen molar-refractivity contribution in [2.75, 3.05) is 18.0 Å². The Hall–Kier alpha value is -2.90. The Balaban J connectivity index is 1.90. The molecule has 1 aromatic heterocycles. The van der Waals surface area contributed by atoms with Gasteiger partial charge in [0.25, 0.3) is 0 Å². The van der Waals surface area contributed by atoms with Crippen molar-refractivity contribution in [3.63, 3.8) is 0 Å². The van der Waals surface area contributed by atoms with E-state index in [9.17, 15) is 22.8 Å². The SMILES string of the molecule is CCCNC(=O)CN1C(=O)Cc2ncc(-c3cccc(C(F)(F)F)c3)cc21. The maximum atomic E-state index is 12.9. The molecular formula is C19H18F3N3O2. The Labute approximate surface area is 154 Å². The molecule has 0 radical (unpaired) electrons. The number of halogens is 3. The summed E-state index contributed by atoms with van der Waals surface area (Å²) in [5.74, 6) is -0.548. The molecule has 2 heterocycles. The van der Waals surface area contributed by atoms with Crippen LogP contribution in [0.3, 0.4) is 0 Å². The third-order valence-corrected chi connectivity index (χ3v) is 4.26. The van der Waals surface area contributed by atoms with Gasteiger partial charge in [0.2, 0.25) is 11.8 Å². The van der Waals surface area contributed by atoms with Crippen LogP contribution in [0.5, 0.6) is 0 Å². The summed E-state index contributed by atoms with van der Waals surface area (Å²) >= 11 is 0. The molecule has 1 aliphatic heterocycles. The second-order valence-corrected chi connectivity index (χ2v) is 6.27. The molecule has 1 aromatic carbocycles. The first kappa shape index (κ1) is 18.9. The maximum Gasteiger partial charge on any atom is 0.416 e. The van der Waals surface area contributed by atoms with Gasteiger partial charge >= 0.3 is 6.18 Å². The molecule has 0 spiro atoms. The number of pyridine rings is 1. The van der Waals surface area contributed by atoms with Gasteiger partial charge in [0.1, 0.15) is 6.54 Å². The average molecular weight is 377 g/mol. The first-order valence-corrected chi connectivity index (χ1v) is 8.53. The molecule has 1 aliphatic rings. The van der Waals surface area contributed by atoms with Gasteiger partial charge in [-0.2, -0.15) is 13.2 Å². The van der Waals surface area contributed by atoms with E-state index >= 15 is 0 Å². The number of fused-ring (bicyclic) bond motifs is 1. The van der Waals surface area contributed by atoms with Crippen LogP contribution in [0.2, 0.25) is 0 Å². The molecule has 2 amide bonds. The third-order valence-electron chi connectivity index (χ3n) is 4.26. The maximum absolute atomic E-state index is 12.9. The molecule has 2 aromatic rings. The van der Waals surface area contributed by atoms with Gasteiger partial charge in [-0.05, 0) is 30.2 Å². The van der Waals surface area contributed by atoms with E-state index in [0.29, 0.717) is 29.1 Å². The summed E-state index contributed by atoms with van der Waals surface area (Å²) in [6.45, 7) is 2.29. The summed E-state index contributed by atoms with van der Waals surface area (Å²) in [5.41, 5.74) is 1.01. The molecule has 0 aliphatic carbocycles. The number of nitrogens with one attached hydrogen (secondary N) is 1. The second kappa shape index (κ2) is 7.38. The van der Waals surface area contributed by atoms with Crippen molar-refractivity contribution in [3.8, 4) is 11.1 Å². The van der Waals surface area contributed by atoms with Gasteiger partial charge in [-0.15, -0.1) is 0 Å². The lowest BCUT2D eigenvalue weighted by molar-refractivity contribution is -0.137. The molecule has 0 saturated heterocycles. The first-order valence-electron chi connectivity index (χ1n) is 8.53. The summed E-state index contributed by atoms with van der Waals surface area (Å²) < 4.78 is 38.8. The third kappa shape index (κ3) is 4.10. The molecule has 8 heteroatoms. The minimum Gasteiger partial charge on any atom is -0.355 e. The molecule has 3 rings (SSSR count). The first-order chi connectivity index (χ1) is 12.8. The predicted molar refractivity (Wildman–Crippen MR) is 94.0 cm³/mol. The Morgan fingerprint density at radius 3 is 2.74 bits per heavy atom. The summed E-state index contributed by atoms with van der Waals surface area (Å²) in [5, 5.41) is 2.70. The summed E-state index contributed by atoms with van der Waals surface area (Å²) in [6.07, 6.45) is -2.15. The fraction of sp³-hybridized carbons (Fsp3) is 0.316. The van der Waals surface area contributed by atoms with Gasteiger partial charge in [0, 0.05) is 18.3 Å². The number of carbonyl (C=O) groups is 2. The largest absolute Gasteiger partial charge is 0.416 e. The zero-order valence-electron chi connectivity index (χ0n) is 14.6. The van der Waals surface area contributed by atoms with Crippen LogP contribution in [0.4, 0.5) is 18.9 Å². The number of rotatable bonds is 5. The van der Waals surface area contributed by atoms with Crippen molar-refractivity contribution in [2.24, 2.45) is 0 Å². The zero-order valence-corrected chi connectivity index (χ0v) is 14.6. The van der Waals surface area contributed by atoms with Crippen LogP contribution in [-0.2, 0) is 22.2 Å². The highest BCUT2D eigenvalue weighted by atomic mass is 19.4. The predicted octanol–water partition coefficient (Wildman–Crippen LogP) is 3.18. The van der Waals surface area contributed by atoms with E-state index < -0.39 is 11.7 Å². The minimum absolute atomic E-state index is 0.0687. The van der Waals surface area contributed by atoms with Gasteiger partial charge in [-0.25, -0.2) is 0 Å². The average Bonchev–Trinajstić information content (AvgIpc) is 2.94. The topological polar surface area (TPSA) is 62.3 Å². The number of amides is 2. The summed E-state index contributed by atoms with van der Waals surface area (Å²) in [6, 6.07) is 6.52. The lowest BCUT2D eigenvalue weighted by atomic mass is 10.0. The standard InChI is InChI=1S/C19H18F3N3O2/c1-2-6-23-17(26)11-25-16-8-13(10-24-15(16)9-18(25)27)12-4-3-5-14(7-12)19(20,21)22/h3-5,7-8,10H,2,6,9,11H2,1H3,(H,23,26). The molecule has 0 unspecified atom stereocenters. The summed E-state index contributed by atoms with van der Waals surface area (Å²) in [7, 11) is 0. The van der Waals surface area contributed by atoms with Gasteiger partial charge < -0.3 is 10.2 Å². The van der Waals surface area contributed by atoms with E-state index in [2.05, 4.69) is 10.3 Å². The van der Waals surface area contributed by atoms with E-state index in [0.717, 1.165) is 18.6 Å². The van der Waals surface area contributed by atoms with Crippen LogP contribution in [0.1, 0.15) is 24.6 Å². The van der Waals surface area contributed by atoms with Gasteiger partial charge in [-0.1, -0.05) is 19.1 Å². The van der Waals surface area contributed by atoms with Gasteiger partial charge in [0.15, 0.2) is 0 Å². The van der Waals surface area contributed by atoms with Crippen molar-refractivity contribution >= 4 is 17.5 Å². The number of benzene rings is 1. The van der Waals surface area contributed by atoms with E-state index in [1.54, 1.807) is 12.1 Å². The molecule has 1 N–H and O–H groups in total. The lowest BCUT2D eigenvalue weighted by Gasteiger charge is -2.17. The van der Waals surface area contributed by atoms with Crippen molar-refractivity contribution in [1.82, 2.24) is 10.3 Å². The molecule has 0 fully saturated rings. The molecule has 142 valence electrons. The quantitative estimate of drug-likeness (QED) is 0.871. The van der Waals surface area contributed by atoms with Crippen LogP contribution in [0.25, 0.3) is 11.1 Å². The fourth-order valence-corrected chi connectivity index (χ4v) is 2.89. The van der Waals surface area contributed by atoms with Crippen molar-refractivity contribution in [1.29, 1.82) is 0 Å². The van der Waals surface area contributed by atoms with Crippen LogP contribution in [0.15, 0.2) is 36.5 Å². The molecule has 5 nitrogen and oxygen atoms in total. The number of alkyl halides is 3. The lowest BCUT2D eigenvalue weighted by Crippen LogP contribution is -2.39. The van der Waals surface area contributed by atoms with Crippen LogP contribution >= 0.6 is 0 Å². The van der Waals surface area contributed by atoms with E-state index in [4.69, 9.17) is 0 Å². The number of hydrogen-bond donors (Lipinski definition) is 1. The molecule has 0 saturated carbocycles. The molecule has 27 heavy (non-hydrogen) atoms. The molecule has 0 atom stereocenters. The Kier molecular flexibility index (Phi) is 5.16. The monoisotopic (exact) mass is 377 g/mol. The second-order valence-electron chi connectivity index (χ2n) is 6.27. The van der Waals surface area contributed by atoms with E-state index in [-0.39, 0.29) is 24.8 Å². The normalized spacial score (nSPS) is 13.6. The van der Waals surface area contributed by atoms with Gasteiger partial charge in [0.05, 0.1) is 23.4 Å². The minimum atomic E-state index is -4.44. The van der Waals surface area contributed by atoms with Crippen molar-refractivity contribution in [3.05, 3.63) is 47.8 Å². The number of anilines is 1. The van der Waals surface area contributed by atoms with E-state index in [1.807, 2.05) is 6.92 Å². The van der Waals surface area contributed by atoms with Crippen molar-refractivity contribution < 1.29 is 22.8 Å². The number of nitrogens with zero attached hydrogens (tertiary/aromatic N) is 2. The van der Waals surface area contributed by atoms with E-state index in [1.165, 1.54) is 17.2 Å². The highest BCUT2D eigenvalue weighted by Crippen LogP contribution is 2.35.